The Morgan fingerprint density at radius 2 is 1.73 bits per heavy atom. The quantitative estimate of drug-likeness (QED) is 0.651. The van der Waals surface area contributed by atoms with E-state index in [0.29, 0.717) is 38.4 Å². The highest BCUT2D eigenvalue weighted by molar-refractivity contribution is 5.77. The van der Waals surface area contributed by atoms with Crippen LogP contribution < -0.4 is 4.74 Å². The molecule has 0 bridgehead atoms. The molecule has 3 fully saturated rings. The van der Waals surface area contributed by atoms with E-state index >= 15 is 0 Å². The number of morpholine rings is 1. The zero-order chi connectivity index (χ0) is 22.5. The summed E-state index contributed by atoms with van der Waals surface area (Å²) in [6.45, 7) is 7.12. The highest BCUT2D eigenvalue weighted by Crippen LogP contribution is 2.28. The lowest BCUT2D eigenvalue weighted by molar-refractivity contribution is -0.137. The molecule has 2 aromatic carbocycles. The smallest absolute Gasteiger partial charge is 0.260 e. The van der Waals surface area contributed by atoms with Gasteiger partial charge in [0.05, 0.1) is 13.2 Å². The van der Waals surface area contributed by atoms with Crippen molar-refractivity contribution in [2.75, 3.05) is 52.5 Å². The van der Waals surface area contributed by atoms with E-state index in [1.54, 1.807) is 0 Å². The third-order valence-corrected chi connectivity index (χ3v) is 7.26. The van der Waals surface area contributed by atoms with Crippen LogP contribution >= 0.6 is 0 Å². The normalized spacial score (nSPS) is 23.9. The van der Waals surface area contributed by atoms with Crippen LogP contribution in [0.15, 0.2) is 54.6 Å². The van der Waals surface area contributed by atoms with Crippen molar-refractivity contribution in [3.63, 3.8) is 0 Å². The molecule has 1 amide bonds. The fourth-order valence-electron chi connectivity index (χ4n) is 5.40. The topological polar surface area (TPSA) is 45.2 Å². The molecule has 0 unspecified atom stereocenters. The number of rotatable bonds is 7. The van der Waals surface area contributed by atoms with E-state index in [2.05, 4.69) is 52.3 Å². The van der Waals surface area contributed by atoms with Gasteiger partial charge in [0.15, 0.2) is 6.61 Å². The predicted molar refractivity (Wildman–Crippen MR) is 128 cm³/mol. The third-order valence-electron chi connectivity index (χ3n) is 7.26. The molecule has 6 nitrogen and oxygen atoms in total. The number of nitrogens with zero attached hydrogens (tertiary/aromatic N) is 3. The molecule has 3 heterocycles. The largest absolute Gasteiger partial charge is 0.484 e. The minimum Gasteiger partial charge on any atom is -0.484 e. The van der Waals surface area contributed by atoms with E-state index in [1.165, 1.54) is 30.5 Å². The van der Waals surface area contributed by atoms with Gasteiger partial charge in [-0.05, 0) is 49.1 Å². The molecule has 3 aliphatic rings. The van der Waals surface area contributed by atoms with Crippen molar-refractivity contribution in [1.82, 2.24) is 14.7 Å². The van der Waals surface area contributed by atoms with Crippen molar-refractivity contribution in [2.45, 2.75) is 37.9 Å². The van der Waals surface area contributed by atoms with Crippen LogP contribution in [0.3, 0.4) is 0 Å². The summed E-state index contributed by atoms with van der Waals surface area (Å²) in [5.41, 5.74) is 2.71. The van der Waals surface area contributed by atoms with Gasteiger partial charge in [-0.2, -0.15) is 0 Å². The number of ether oxygens (including phenoxy) is 2. The number of benzene rings is 2. The number of fused-ring (bicyclic) bond motifs is 1. The first-order chi connectivity index (χ1) is 16.2. The van der Waals surface area contributed by atoms with E-state index in [4.69, 9.17) is 9.47 Å². The van der Waals surface area contributed by atoms with Crippen LogP contribution in [0, 0.1) is 0 Å². The van der Waals surface area contributed by atoms with Gasteiger partial charge >= 0.3 is 0 Å². The van der Waals surface area contributed by atoms with Crippen molar-refractivity contribution < 1.29 is 14.3 Å². The molecule has 0 radical (unpaired) electrons. The van der Waals surface area contributed by atoms with E-state index in [1.807, 2.05) is 17.0 Å². The molecule has 0 aromatic heterocycles. The monoisotopic (exact) mass is 449 g/mol. The average Bonchev–Trinajstić information content (AvgIpc) is 3.32. The molecule has 33 heavy (non-hydrogen) atoms. The standard InChI is InChI=1S/C27H35N3O3/c31-27(28-13-15-32-16-14-28)21-33-26-10-8-23(9-11-26)18-30-19-24-7-4-12-29(24)20-25(30)17-22-5-2-1-3-6-22/h1-3,5-6,8-11,24-25H,4,7,12-21H2/t24-,25+/m0/s1. The second-order valence-electron chi connectivity index (χ2n) is 9.49. The van der Waals surface area contributed by atoms with E-state index in [0.717, 1.165) is 31.8 Å². The highest BCUT2D eigenvalue weighted by atomic mass is 16.5. The Morgan fingerprint density at radius 3 is 2.52 bits per heavy atom. The fraction of sp³-hybridized carbons (Fsp3) is 0.519. The maximum absolute atomic E-state index is 12.3. The predicted octanol–water partition coefficient (Wildman–Crippen LogP) is 2.82. The van der Waals surface area contributed by atoms with Crippen LogP contribution in [0.5, 0.6) is 5.75 Å². The first kappa shape index (κ1) is 22.4. The van der Waals surface area contributed by atoms with Crippen LogP contribution in [0.1, 0.15) is 24.0 Å². The van der Waals surface area contributed by atoms with Gasteiger partial charge in [0.25, 0.3) is 5.91 Å². The molecule has 0 spiro atoms. The minimum atomic E-state index is 0.0283. The lowest BCUT2D eigenvalue weighted by Crippen LogP contribution is -2.56. The maximum atomic E-state index is 12.3. The lowest BCUT2D eigenvalue weighted by atomic mass is 9.99. The average molecular weight is 450 g/mol. The Bertz CT molecular complexity index is 899. The summed E-state index contributed by atoms with van der Waals surface area (Å²) in [6, 6.07) is 20.4. The van der Waals surface area contributed by atoms with Crippen LogP contribution in [0.4, 0.5) is 0 Å². The van der Waals surface area contributed by atoms with Crippen molar-refractivity contribution >= 4 is 5.91 Å². The Labute approximate surface area is 197 Å². The highest BCUT2D eigenvalue weighted by Gasteiger charge is 2.36. The molecule has 3 aliphatic heterocycles. The van der Waals surface area contributed by atoms with Gasteiger partial charge in [0.2, 0.25) is 0 Å². The summed E-state index contributed by atoms with van der Waals surface area (Å²) in [5.74, 6) is 0.780. The van der Waals surface area contributed by atoms with Gasteiger partial charge in [-0.1, -0.05) is 42.5 Å². The number of piperazine rings is 1. The molecular formula is C27H35N3O3. The van der Waals surface area contributed by atoms with Crippen LogP contribution in [0.25, 0.3) is 0 Å². The summed E-state index contributed by atoms with van der Waals surface area (Å²) < 4.78 is 11.1. The van der Waals surface area contributed by atoms with Gasteiger partial charge in [-0.25, -0.2) is 0 Å². The van der Waals surface area contributed by atoms with E-state index in [-0.39, 0.29) is 12.5 Å². The minimum absolute atomic E-state index is 0.0283. The SMILES string of the molecule is O=C(COc1ccc(CN2C[C@@H]3CCCN3C[C@H]2Cc2ccccc2)cc1)N1CCOCC1. The molecule has 0 saturated carbocycles. The number of hydrogen-bond acceptors (Lipinski definition) is 5. The Hall–Kier alpha value is -2.41. The number of amides is 1. The summed E-state index contributed by atoms with van der Waals surface area (Å²) in [4.78, 5) is 19.5. The van der Waals surface area contributed by atoms with Crippen LogP contribution in [-0.4, -0.2) is 85.2 Å². The molecule has 176 valence electrons. The van der Waals surface area contributed by atoms with Crippen molar-refractivity contribution in [3.8, 4) is 5.75 Å². The molecule has 0 aliphatic carbocycles. The first-order valence-corrected chi connectivity index (χ1v) is 12.3. The van der Waals surface area contributed by atoms with Crippen molar-refractivity contribution in [1.29, 1.82) is 0 Å². The number of hydrogen-bond donors (Lipinski definition) is 0. The summed E-state index contributed by atoms with van der Waals surface area (Å²) >= 11 is 0. The van der Waals surface area contributed by atoms with Crippen LogP contribution in [0.2, 0.25) is 0 Å². The molecular weight excluding hydrogens is 414 g/mol. The second kappa shape index (κ2) is 10.7. The van der Waals surface area contributed by atoms with Crippen LogP contribution in [-0.2, 0) is 22.5 Å². The van der Waals surface area contributed by atoms with Gasteiger partial charge in [-0.3, -0.25) is 14.6 Å². The zero-order valence-corrected chi connectivity index (χ0v) is 19.4. The Balaban J connectivity index is 1.19. The lowest BCUT2D eigenvalue weighted by Gasteiger charge is -2.44. The molecule has 2 aromatic rings. The van der Waals surface area contributed by atoms with Gasteiger partial charge in [-0.15, -0.1) is 0 Å². The summed E-state index contributed by atoms with van der Waals surface area (Å²) in [6.07, 6.45) is 3.74. The number of carbonyl (C=O) groups excluding carboxylic acids is 1. The van der Waals surface area contributed by atoms with E-state index < -0.39 is 0 Å². The zero-order valence-electron chi connectivity index (χ0n) is 19.4. The van der Waals surface area contributed by atoms with Gasteiger partial charge in [0.1, 0.15) is 5.75 Å². The molecule has 5 rings (SSSR count). The summed E-state index contributed by atoms with van der Waals surface area (Å²) in [5, 5.41) is 0. The third kappa shape index (κ3) is 5.75. The number of carbonyl (C=O) groups is 1. The molecule has 2 atom stereocenters. The van der Waals surface area contributed by atoms with Gasteiger partial charge < -0.3 is 14.4 Å². The Morgan fingerprint density at radius 1 is 0.939 bits per heavy atom. The molecule has 3 saturated heterocycles. The maximum Gasteiger partial charge on any atom is 0.260 e. The Kier molecular flexibility index (Phi) is 7.24. The fourth-order valence-corrected chi connectivity index (χ4v) is 5.40. The molecule has 6 heteroatoms. The second-order valence-corrected chi connectivity index (χ2v) is 9.49. The first-order valence-electron chi connectivity index (χ1n) is 12.3. The van der Waals surface area contributed by atoms with Crippen molar-refractivity contribution in [3.05, 3.63) is 65.7 Å². The van der Waals surface area contributed by atoms with E-state index in [9.17, 15) is 4.79 Å². The van der Waals surface area contributed by atoms with Gasteiger partial charge in [0, 0.05) is 44.8 Å². The van der Waals surface area contributed by atoms with Crippen molar-refractivity contribution in [2.24, 2.45) is 0 Å². The summed E-state index contributed by atoms with van der Waals surface area (Å²) in [7, 11) is 0. The molecule has 0 N–H and O–H groups in total.